The molecule has 1 aromatic heterocycles. The normalized spacial score (nSPS) is 11.4. The summed E-state index contributed by atoms with van der Waals surface area (Å²) in [7, 11) is -4.07. The topological polar surface area (TPSA) is 89.3 Å². The average Bonchev–Trinajstić information content (AvgIpc) is 2.78. The van der Waals surface area contributed by atoms with Gasteiger partial charge < -0.3 is 0 Å². The second kappa shape index (κ2) is 5.58. The third kappa shape index (κ3) is 3.14. The highest BCUT2D eigenvalue weighted by Gasteiger charge is 2.25. The molecule has 6 nitrogen and oxygen atoms in total. The molecule has 0 fully saturated rings. The Bertz CT molecular complexity index is 820. The quantitative estimate of drug-likeness (QED) is 0.674. The van der Waals surface area contributed by atoms with Crippen LogP contribution in [-0.4, -0.2) is 13.3 Å². The van der Waals surface area contributed by atoms with E-state index in [0.29, 0.717) is 11.3 Å². The first kappa shape index (κ1) is 15.7. The van der Waals surface area contributed by atoms with Gasteiger partial charge in [-0.3, -0.25) is 14.8 Å². The van der Waals surface area contributed by atoms with E-state index in [0.717, 1.165) is 6.07 Å². The van der Waals surface area contributed by atoms with Gasteiger partial charge in [-0.05, 0) is 19.1 Å². The predicted octanol–water partition coefficient (Wildman–Crippen LogP) is 3.56. The number of hydrogen-bond donors (Lipinski definition) is 1. The summed E-state index contributed by atoms with van der Waals surface area (Å²) in [6.45, 7) is 1.41. The maximum Gasteiger partial charge on any atom is 0.300 e. The fourth-order valence-electron chi connectivity index (χ4n) is 1.51. The Morgan fingerprint density at radius 1 is 1.43 bits per heavy atom. The van der Waals surface area contributed by atoms with Crippen molar-refractivity contribution < 1.29 is 17.7 Å². The second-order valence-electron chi connectivity index (χ2n) is 4.00. The lowest BCUT2D eigenvalue weighted by atomic mass is 10.2. The fourth-order valence-corrected chi connectivity index (χ4v) is 4.30. The molecule has 2 aromatic rings. The number of nitrogens with zero attached hydrogens (tertiary/aromatic N) is 1. The molecular weight excluding hydrogens is 343 g/mol. The van der Waals surface area contributed by atoms with Crippen LogP contribution in [0.5, 0.6) is 0 Å². The van der Waals surface area contributed by atoms with Crippen molar-refractivity contribution in [3.63, 3.8) is 0 Å². The van der Waals surface area contributed by atoms with Crippen LogP contribution in [0.1, 0.15) is 5.56 Å². The van der Waals surface area contributed by atoms with Crippen LogP contribution >= 0.6 is 22.9 Å². The van der Waals surface area contributed by atoms with Gasteiger partial charge in [0.05, 0.1) is 10.6 Å². The number of benzene rings is 1. The van der Waals surface area contributed by atoms with Crippen molar-refractivity contribution in [2.75, 3.05) is 4.72 Å². The third-order valence-electron chi connectivity index (χ3n) is 2.62. The number of sulfonamides is 1. The van der Waals surface area contributed by atoms with Gasteiger partial charge in [-0.25, -0.2) is 12.8 Å². The average molecular weight is 351 g/mol. The first-order chi connectivity index (χ1) is 9.72. The van der Waals surface area contributed by atoms with Crippen molar-refractivity contribution in [1.29, 1.82) is 0 Å². The third-order valence-corrected chi connectivity index (χ3v) is 5.80. The Kier molecular flexibility index (Phi) is 4.17. The van der Waals surface area contributed by atoms with Gasteiger partial charge in [-0.15, -0.1) is 11.3 Å². The van der Waals surface area contributed by atoms with Gasteiger partial charge >= 0.3 is 0 Å². The van der Waals surface area contributed by atoms with Crippen LogP contribution in [0.15, 0.2) is 28.5 Å². The van der Waals surface area contributed by atoms with Crippen LogP contribution in [0.3, 0.4) is 0 Å². The van der Waals surface area contributed by atoms with E-state index in [1.807, 2.05) is 0 Å². The number of thiophene rings is 1. The molecule has 1 N–H and O–H groups in total. The summed E-state index contributed by atoms with van der Waals surface area (Å²) >= 11 is 6.19. The lowest BCUT2D eigenvalue weighted by Crippen LogP contribution is -2.12. The molecule has 1 aromatic carbocycles. The molecule has 0 radical (unpaired) electrons. The lowest BCUT2D eigenvalue weighted by Gasteiger charge is -2.09. The fraction of sp³-hybridized carbons (Fsp3) is 0.0909. The van der Waals surface area contributed by atoms with E-state index in [9.17, 15) is 22.9 Å². The van der Waals surface area contributed by atoms with Gasteiger partial charge in [0.2, 0.25) is 0 Å². The van der Waals surface area contributed by atoms with Crippen molar-refractivity contribution in [3.05, 3.63) is 50.1 Å². The molecule has 0 atom stereocenters. The Morgan fingerprint density at radius 2 is 2.10 bits per heavy atom. The van der Waals surface area contributed by atoms with Crippen LogP contribution < -0.4 is 4.72 Å². The van der Waals surface area contributed by atoms with E-state index in [1.54, 1.807) is 0 Å². The maximum atomic E-state index is 13.4. The first-order valence-corrected chi connectivity index (χ1v) is 8.12. The molecule has 0 aliphatic carbocycles. The number of nitrogens with one attached hydrogen (secondary N) is 1. The highest BCUT2D eigenvalue weighted by atomic mass is 35.5. The standard InChI is InChI=1S/C11H8ClFN2O4S2/c1-6-7(13)3-2-4-8(6)14-21(18,19)10-5-9(15(16)17)11(12)20-10/h2-5,14H,1H3. The molecule has 0 saturated carbocycles. The van der Waals surface area contributed by atoms with E-state index in [1.165, 1.54) is 25.1 Å². The Morgan fingerprint density at radius 3 is 2.67 bits per heavy atom. The monoisotopic (exact) mass is 350 g/mol. The summed E-state index contributed by atoms with van der Waals surface area (Å²) in [6, 6.07) is 4.80. The summed E-state index contributed by atoms with van der Waals surface area (Å²) in [5.74, 6) is -0.564. The number of anilines is 1. The summed E-state index contributed by atoms with van der Waals surface area (Å²) in [4.78, 5) is 9.91. The minimum absolute atomic E-state index is 0.0576. The molecule has 10 heteroatoms. The maximum absolute atomic E-state index is 13.4. The van der Waals surface area contributed by atoms with Crippen LogP contribution in [0.25, 0.3) is 0 Å². The highest BCUT2D eigenvalue weighted by Crippen LogP contribution is 2.37. The van der Waals surface area contributed by atoms with Crippen molar-refractivity contribution in [2.45, 2.75) is 11.1 Å². The Balaban J connectivity index is 2.41. The van der Waals surface area contributed by atoms with E-state index < -0.39 is 26.5 Å². The van der Waals surface area contributed by atoms with E-state index >= 15 is 0 Å². The van der Waals surface area contributed by atoms with E-state index in [2.05, 4.69) is 4.72 Å². The van der Waals surface area contributed by atoms with Gasteiger partial charge in [0.15, 0.2) is 4.34 Å². The lowest BCUT2D eigenvalue weighted by molar-refractivity contribution is -0.384. The van der Waals surface area contributed by atoms with Gasteiger partial charge in [-0.1, -0.05) is 17.7 Å². The van der Waals surface area contributed by atoms with Gasteiger partial charge in [0.1, 0.15) is 10.0 Å². The summed E-state index contributed by atoms with van der Waals surface area (Å²) < 4.78 is 39.3. The molecule has 0 amide bonds. The van der Waals surface area contributed by atoms with Crippen molar-refractivity contribution in [1.82, 2.24) is 0 Å². The molecular formula is C11H8ClFN2O4S2. The number of hydrogen-bond acceptors (Lipinski definition) is 5. The van der Waals surface area contributed by atoms with Crippen molar-refractivity contribution in [3.8, 4) is 0 Å². The van der Waals surface area contributed by atoms with Crippen LogP contribution in [0.2, 0.25) is 4.34 Å². The van der Waals surface area contributed by atoms with Gasteiger partial charge in [0, 0.05) is 11.6 Å². The molecule has 0 unspecified atom stereocenters. The van der Waals surface area contributed by atoms with Crippen molar-refractivity contribution >= 4 is 44.3 Å². The smallest absolute Gasteiger partial charge is 0.279 e. The zero-order valence-corrected chi connectivity index (χ0v) is 12.9. The summed E-state index contributed by atoms with van der Waals surface area (Å²) in [5, 5.41) is 10.7. The van der Waals surface area contributed by atoms with Gasteiger partial charge in [0.25, 0.3) is 15.7 Å². The SMILES string of the molecule is Cc1c(F)cccc1NS(=O)(=O)c1cc([N+](=O)[O-])c(Cl)s1. The molecule has 1 heterocycles. The second-order valence-corrected chi connectivity index (χ2v) is 7.56. The highest BCUT2D eigenvalue weighted by molar-refractivity contribution is 7.94. The zero-order valence-electron chi connectivity index (χ0n) is 10.5. The van der Waals surface area contributed by atoms with Crippen molar-refractivity contribution in [2.24, 2.45) is 0 Å². The number of halogens is 2. The molecule has 0 aliphatic heterocycles. The Labute approximate surface area is 128 Å². The molecule has 21 heavy (non-hydrogen) atoms. The number of rotatable bonds is 4. The minimum atomic E-state index is -4.07. The minimum Gasteiger partial charge on any atom is -0.279 e. The van der Waals surface area contributed by atoms with E-state index in [4.69, 9.17) is 11.6 Å². The number of nitro groups is 1. The molecule has 0 bridgehead atoms. The summed E-state index contributed by atoms with van der Waals surface area (Å²) in [5.41, 5.74) is -0.307. The first-order valence-electron chi connectivity index (χ1n) is 5.44. The molecule has 0 spiro atoms. The molecule has 0 aliphatic rings. The van der Waals surface area contributed by atoms with E-state index in [-0.39, 0.29) is 19.8 Å². The van der Waals surface area contributed by atoms with Crippen LogP contribution in [-0.2, 0) is 10.0 Å². The molecule has 112 valence electrons. The molecule has 2 rings (SSSR count). The molecule has 0 saturated heterocycles. The summed E-state index contributed by atoms with van der Waals surface area (Å²) in [6.07, 6.45) is 0. The zero-order chi connectivity index (χ0) is 15.8. The Hall–Kier alpha value is -1.71. The van der Waals surface area contributed by atoms with Gasteiger partial charge in [-0.2, -0.15) is 0 Å². The predicted molar refractivity (Wildman–Crippen MR) is 77.9 cm³/mol. The van der Waals surface area contributed by atoms with Crippen LogP contribution in [0, 0.1) is 22.9 Å². The largest absolute Gasteiger partial charge is 0.300 e. The van der Waals surface area contributed by atoms with Crippen LogP contribution in [0.4, 0.5) is 15.8 Å².